The first kappa shape index (κ1) is 39.8. The lowest BCUT2D eigenvalue weighted by atomic mass is 9.68. The average Bonchev–Trinajstić information content (AvgIpc) is 3.69. The molecule has 4 aromatic carbocycles. The van der Waals surface area contributed by atoms with Crippen molar-refractivity contribution >= 4 is 16.6 Å². The van der Waals surface area contributed by atoms with Crippen LogP contribution >= 0.6 is 0 Å². The summed E-state index contributed by atoms with van der Waals surface area (Å²) >= 11 is 0. The summed E-state index contributed by atoms with van der Waals surface area (Å²) in [5, 5.41) is 37.6. The molecule has 1 saturated heterocycles. The van der Waals surface area contributed by atoms with Crippen molar-refractivity contribution in [2.75, 3.05) is 19.8 Å². The number of ether oxygens (including phenoxy) is 3. The number of dihydropyridines is 1. The third-order valence-electron chi connectivity index (χ3n) is 12.3. The number of fused-ring (bicyclic) bond motifs is 4. The highest BCUT2D eigenvalue weighted by atomic mass is 16.5. The van der Waals surface area contributed by atoms with Gasteiger partial charge in [-0.1, -0.05) is 79.9 Å². The number of aliphatic hydroxyl groups is 1. The highest BCUT2D eigenvalue weighted by Gasteiger charge is 2.37. The Labute approximate surface area is 341 Å². The number of phenols is 2. The van der Waals surface area contributed by atoms with Gasteiger partial charge in [0.25, 0.3) is 0 Å². The molecule has 9 heteroatoms. The highest BCUT2D eigenvalue weighted by Crippen LogP contribution is 2.43. The zero-order valence-corrected chi connectivity index (χ0v) is 33.3. The number of hydrogen-bond acceptors (Lipinski definition) is 8. The van der Waals surface area contributed by atoms with E-state index in [-0.39, 0.29) is 30.0 Å². The molecule has 8 rings (SSSR count). The van der Waals surface area contributed by atoms with Gasteiger partial charge < -0.3 is 45.1 Å². The largest absolute Gasteiger partial charge is 0.508 e. The second-order valence-corrected chi connectivity index (χ2v) is 16.3. The Morgan fingerprint density at radius 1 is 0.845 bits per heavy atom. The zero-order valence-electron chi connectivity index (χ0n) is 33.3. The van der Waals surface area contributed by atoms with E-state index in [0.29, 0.717) is 50.6 Å². The summed E-state index contributed by atoms with van der Waals surface area (Å²) in [4.78, 5) is 0. The molecule has 6 N–H and O–H groups in total. The van der Waals surface area contributed by atoms with Crippen molar-refractivity contribution in [1.82, 2.24) is 9.88 Å². The molecule has 5 aromatic rings. The third kappa shape index (κ3) is 9.29. The summed E-state index contributed by atoms with van der Waals surface area (Å²) < 4.78 is 21.3. The minimum Gasteiger partial charge on any atom is -0.508 e. The highest BCUT2D eigenvalue weighted by molar-refractivity contribution is 5.88. The summed E-state index contributed by atoms with van der Waals surface area (Å²) in [6, 6.07) is 28.4. The van der Waals surface area contributed by atoms with Crippen molar-refractivity contribution in [3.63, 3.8) is 0 Å². The van der Waals surface area contributed by atoms with Crippen LogP contribution in [0.4, 0.5) is 0 Å². The minimum atomic E-state index is -0.553. The predicted octanol–water partition coefficient (Wildman–Crippen LogP) is 8.62. The number of aryl methyl sites for hydroxylation is 2. The molecule has 0 amide bonds. The molecule has 4 bridgehead atoms. The molecule has 3 unspecified atom stereocenters. The van der Waals surface area contributed by atoms with Crippen LogP contribution in [0, 0.1) is 0 Å². The molecule has 0 aliphatic carbocycles. The van der Waals surface area contributed by atoms with Gasteiger partial charge in [-0.05, 0) is 116 Å². The number of benzene rings is 4. The van der Waals surface area contributed by atoms with Crippen LogP contribution in [-0.2, 0) is 34.3 Å². The number of aromatic hydroxyl groups is 2. The minimum absolute atomic E-state index is 0.0902. The number of aromatic nitrogens is 1. The van der Waals surface area contributed by atoms with Gasteiger partial charge in [0.15, 0.2) is 11.5 Å². The van der Waals surface area contributed by atoms with Crippen LogP contribution in [0.3, 0.4) is 0 Å². The first-order chi connectivity index (χ1) is 28.3. The van der Waals surface area contributed by atoms with E-state index in [9.17, 15) is 15.3 Å². The van der Waals surface area contributed by atoms with Gasteiger partial charge in [0.05, 0.1) is 25.0 Å². The molecule has 0 spiro atoms. The molecule has 304 valence electrons. The molecule has 3 aliphatic rings. The van der Waals surface area contributed by atoms with Crippen LogP contribution in [0.15, 0.2) is 115 Å². The smallest absolute Gasteiger partial charge is 0.161 e. The molecule has 1 fully saturated rings. The summed E-state index contributed by atoms with van der Waals surface area (Å²) in [6.07, 6.45) is 16.9. The quantitative estimate of drug-likeness (QED) is 0.0940. The van der Waals surface area contributed by atoms with Crippen LogP contribution < -0.4 is 15.8 Å². The summed E-state index contributed by atoms with van der Waals surface area (Å²) in [7, 11) is 0. The van der Waals surface area contributed by atoms with E-state index >= 15 is 0 Å². The van der Waals surface area contributed by atoms with E-state index in [2.05, 4.69) is 70.8 Å². The number of nitrogens with zero attached hydrogens (tertiary/aromatic N) is 1. The fourth-order valence-corrected chi connectivity index (χ4v) is 8.96. The second kappa shape index (κ2) is 18.2. The Morgan fingerprint density at radius 3 is 2.48 bits per heavy atom. The molecule has 0 saturated carbocycles. The Balaban J connectivity index is 1.11. The van der Waals surface area contributed by atoms with Gasteiger partial charge >= 0.3 is 0 Å². The van der Waals surface area contributed by atoms with Crippen molar-refractivity contribution in [2.24, 2.45) is 5.73 Å². The molecule has 0 radical (unpaired) electrons. The Morgan fingerprint density at radius 2 is 1.66 bits per heavy atom. The maximum absolute atomic E-state index is 11.4. The molecule has 58 heavy (non-hydrogen) atoms. The Hall–Kier alpha value is -5.06. The first-order valence-electron chi connectivity index (χ1n) is 21.1. The monoisotopic (exact) mass is 783 g/mol. The van der Waals surface area contributed by atoms with E-state index in [4.69, 9.17) is 19.9 Å². The first-order valence-corrected chi connectivity index (χ1v) is 21.1. The Bertz CT molecular complexity index is 2210. The van der Waals surface area contributed by atoms with Crippen LogP contribution in [0.5, 0.6) is 17.2 Å². The lowest BCUT2D eigenvalue weighted by Gasteiger charge is -2.39. The van der Waals surface area contributed by atoms with E-state index in [1.807, 2.05) is 30.3 Å². The van der Waals surface area contributed by atoms with Crippen molar-refractivity contribution in [2.45, 2.75) is 101 Å². The number of aliphatic hydroxyl groups excluding tert-OH is 1. The number of rotatable bonds is 9. The van der Waals surface area contributed by atoms with Crippen LogP contribution in [0.25, 0.3) is 16.6 Å². The van der Waals surface area contributed by atoms with E-state index in [1.165, 1.54) is 16.7 Å². The van der Waals surface area contributed by atoms with E-state index in [0.717, 1.165) is 84.7 Å². The van der Waals surface area contributed by atoms with Crippen molar-refractivity contribution < 1.29 is 29.5 Å². The molecular formula is C49H57N3O6. The van der Waals surface area contributed by atoms with E-state index < -0.39 is 6.10 Å². The van der Waals surface area contributed by atoms with Gasteiger partial charge in [0.2, 0.25) is 0 Å². The number of nitrogens with two attached hydrogens (primary N) is 1. The topological polar surface area (TPSA) is 131 Å². The predicted molar refractivity (Wildman–Crippen MR) is 229 cm³/mol. The van der Waals surface area contributed by atoms with Gasteiger partial charge in [0, 0.05) is 47.4 Å². The van der Waals surface area contributed by atoms with Crippen molar-refractivity contribution in [3.05, 3.63) is 143 Å². The average molecular weight is 784 g/mol. The number of hydrogen-bond donors (Lipinski definition) is 5. The van der Waals surface area contributed by atoms with E-state index in [1.54, 1.807) is 18.2 Å². The number of unbranched alkanes of at least 4 members (excludes halogenated alkanes) is 3. The fraction of sp³-hybridized carbons (Fsp3) is 0.388. The second-order valence-electron chi connectivity index (χ2n) is 16.3. The number of nitrogens with one attached hydrogen (secondary N) is 1. The third-order valence-corrected chi connectivity index (χ3v) is 12.3. The van der Waals surface area contributed by atoms with Crippen LogP contribution in [0.2, 0.25) is 0 Å². The lowest BCUT2D eigenvalue weighted by Crippen LogP contribution is -2.38. The molecule has 4 heterocycles. The normalized spacial score (nSPS) is 21.2. The molecule has 9 nitrogen and oxygen atoms in total. The maximum atomic E-state index is 11.4. The van der Waals surface area contributed by atoms with Crippen LogP contribution in [0.1, 0.15) is 85.6 Å². The van der Waals surface area contributed by atoms with Gasteiger partial charge in [-0.2, -0.15) is 0 Å². The zero-order chi connectivity index (χ0) is 39.9. The maximum Gasteiger partial charge on any atom is 0.161 e. The summed E-state index contributed by atoms with van der Waals surface area (Å²) in [5.74, 6) is 1.68. The molecule has 3 aliphatic heterocycles. The molecule has 3 atom stereocenters. The van der Waals surface area contributed by atoms with Gasteiger partial charge in [0.1, 0.15) is 18.2 Å². The summed E-state index contributed by atoms with van der Waals surface area (Å²) in [6.45, 7) is 2.00. The van der Waals surface area contributed by atoms with Crippen molar-refractivity contribution in [1.29, 1.82) is 0 Å². The molecule has 1 aromatic heterocycles. The Kier molecular flexibility index (Phi) is 12.5. The van der Waals surface area contributed by atoms with Gasteiger partial charge in [-0.3, -0.25) is 0 Å². The van der Waals surface area contributed by atoms with Crippen LogP contribution in [-0.4, -0.2) is 58.1 Å². The van der Waals surface area contributed by atoms with Gasteiger partial charge in [-0.25, -0.2) is 0 Å². The summed E-state index contributed by atoms with van der Waals surface area (Å²) in [5.41, 5.74) is 13.0. The molecular weight excluding hydrogens is 727 g/mol. The van der Waals surface area contributed by atoms with Crippen molar-refractivity contribution in [3.8, 4) is 17.2 Å². The standard InChI is InChI=1S/C49H57N3O6/c50-47-21-16-36-32-57-43(11-7-2-1-4-8-34-12-17-41(53)18-13-34)29-42(54)19-14-35-15-20-45(55)46(26-35)58-33-38-28-40(27-37-30-52(31-44(37)38)48(36)51-47)49(22-24-56-25-23-49)39-9-5-3-6-10-39/h3,5-6,9-10,12-13,15-18,20-21,26-28,30-31,42-43,47,51,53-55H,1-2,4,7-8,11,14,19,22-25,29,32-33,50H2. The van der Waals surface area contributed by atoms with Gasteiger partial charge in [-0.15, -0.1) is 0 Å². The lowest BCUT2D eigenvalue weighted by molar-refractivity contribution is 0.0171. The fourth-order valence-electron chi connectivity index (χ4n) is 8.96. The number of phenolic OH excluding ortho intramolecular Hbond substituents is 2. The SMILES string of the molecule is NC1C=CC2=C(N1)n1cc3cc(C4(c5ccccc5)CCOCC4)cc(c3c1)COc1cc(ccc1O)CCC(O)CC(CCCCCCc1ccc(O)cc1)OC2.